The van der Waals surface area contributed by atoms with E-state index in [0.717, 1.165) is 70.8 Å². The molecule has 11 heteroatoms. The van der Waals surface area contributed by atoms with Gasteiger partial charge in [-0.15, -0.1) is 0 Å². The summed E-state index contributed by atoms with van der Waals surface area (Å²) in [7, 11) is 2.12. The molecule has 1 amide bonds. The Labute approximate surface area is 280 Å². The average Bonchev–Trinajstić information content (AvgIpc) is 3.53. The van der Waals surface area contributed by atoms with Gasteiger partial charge in [0.05, 0.1) is 30.8 Å². The molecule has 3 aliphatic heterocycles. The van der Waals surface area contributed by atoms with Crippen molar-refractivity contribution in [2.24, 2.45) is 0 Å². The number of fused-ring (bicyclic) bond motifs is 2. The Morgan fingerprint density at radius 3 is 2.60 bits per heavy atom. The number of benzene rings is 3. The summed E-state index contributed by atoms with van der Waals surface area (Å²) in [4.78, 5) is 30.1. The monoisotopic (exact) mass is 647 g/mol. The van der Waals surface area contributed by atoms with Gasteiger partial charge in [0.15, 0.2) is 0 Å². The van der Waals surface area contributed by atoms with Crippen LogP contribution in [0.4, 0.5) is 16.3 Å². The predicted octanol–water partition coefficient (Wildman–Crippen LogP) is 5.33. The molecule has 4 aromatic rings. The number of hydrogen-bond acceptors (Lipinski definition) is 9. The molecule has 0 spiro atoms. The molecule has 0 bridgehead atoms. The Bertz CT molecular complexity index is 1810. The van der Waals surface area contributed by atoms with E-state index in [9.17, 15) is 15.2 Å². The molecule has 2 fully saturated rings. The van der Waals surface area contributed by atoms with Crippen LogP contribution < -0.4 is 19.3 Å². The largest absolute Gasteiger partial charge is 0.489 e. The van der Waals surface area contributed by atoms with Crippen molar-refractivity contribution in [2.75, 3.05) is 56.2 Å². The summed E-state index contributed by atoms with van der Waals surface area (Å²) in [6, 6.07) is 25.2. The molecule has 3 aliphatic rings. The Morgan fingerprint density at radius 1 is 0.979 bits per heavy atom. The van der Waals surface area contributed by atoms with Gasteiger partial charge in [-0.2, -0.15) is 15.2 Å². The van der Waals surface area contributed by atoms with Crippen LogP contribution in [0.3, 0.4) is 0 Å². The third kappa shape index (κ3) is 6.66. The first kappa shape index (κ1) is 31.5. The van der Waals surface area contributed by atoms with Gasteiger partial charge in [0.25, 0.3) is 0 Å². The second kappa shape index (κ2) is 14.0. The predicted molar refractivity (Wildman–Crippen MR) is 184 cm³/mol. The second-order valence-corrected chi connectivity index (χ2v) is 12.9. The van der Waals surface area contributed by atoms with Gasteiger partial charge in [-0.05, 0) is 49.9 Å². The van der Waals surface area contributed by atoms with Gasteiger partial charge in [-0.1, -0.05) is 54.6 Å². The van der Waals surface area contributed by atoms with Crippen LogP contribution in [0, 0.1) is 11.3 Å². The van der Waals surface area contributed by atoms with E-state index >= 15 is 0 Å². The molecule has 0 aliphatic carbocycles. The van der Waals surface area contributed by atoms with E-state index in [1.165, 1.54) is 4.90 Å². The quantitative estimate of drug-likeness (QED) is 0.256. The van der Waals surface area contributed by atoms with Gasteiger partial charge in [-0.25, -0.2) is 4.79 Å². The highest BCUT2D eigenvalue weighted by molar-refractivity contribution is 5.95. The highest BCUT2D eigenvalue weighted by Crippen LogP contribution is 2.37. The summed E-state index contributed by atoms with van der Waals surface area (Å²) >= 11 is 0. The van der Waals surface area contributed by atoms with Crippen LogP contribution in [0.15, 0.2) is 66.7 Å². The zero-order chi connectivity index (χ0) is 33.0. The molecule has 1 unspecified atom stereocenters. The molecule has 11 nitrogen and oxygen atoms in total. The molecule has 2 saturated heterocycles. The van der Waals surface area contributed by atoms with Gasteiger partial charge >= 0.3 is 12.1 Å². The topological polar surface area (TPSA) is 118 Å². The number of carbonyl (C=O) groups is 1. The van der Waals surface area contributed by atoms with E-state index in [0.29, 0.717) is 57.9 Å². The fourth-order valence-electron chi connectivity index (χ4n) is 7.21. The normalized spacial score (nSPS) is 19.6. The number of nitriles is 1. The number of likely N-dealkylation sites (N-methyl/N-ethyl adjacent to an activating group) is 1. The number of rotatable bonds is 9. The van der Waals surface area contributed by atoms with Crippen molar-refractivity contribution in [1.82, 2.24) is 19.8 Å². The fourth-order valence-corrected chi connectivity index (χ4v) is 7.21. The van der Waals surface area contributed by atoms with Crippen LogP contribution in [0.2, 0.25) is 0 Å². The first-order chi connectivity index (χ1) is 23.5. The highest BCUT2D eigenvalue weighted by atomic mass is 16.5. The van der Waals surface area contributed by atoms with Crippen molar-refractivity contribution in [3.05, 3.63) is 83.6 Å². The number of amides is 1. The molecule has 7 rings (SSSR count). The minimum atomic E-state index is -0.998. The smallest absolute Gasteiger partial charge is 0.407 e. The third-order valence-electron chi connectivity index (χ3n) is 9.86. The van der Waals surface area contributed by atoms with Gasteiger partial charge in [-0.3, -0.25) is 0 Å². The standard InChI is InChI=1S/C37H41N7O4/c1-41-16-7-11-29(41)25-48-36-39-33-23-42(17-14-32(33)35(40-36)43-18-19-44(37(45)46)28(22-43)13-15-38)34-21-30(20-27-10-5-6-12-31(27)34)47-24-26-8-3-2-4-9-26/h2-6,8-10,12,20-21,28-29H,7,11,13-14,16-19,22-25H2,1H3,(H,45,46)/t28?,29-/m1/s1. The fraction of sp³-hybridized carbons (Fsp3) is 0.405. The Hall–Kier alpha value is -5.08. The Morgan fingerprint density at radius 2 is 1.81 bits per heavy atom. The lowest BCUT2D eigenvalue weighted by Gasteiger charge is -2.41. The Balaban J connectivity index is 1.21. The number of carboxylic acid groups (broad SMARTS) is 1. The summed E-state index contributed by atoms with van der Waals surface area (Å²) < 4.78 is 12.6. The number of hydrogen-bond donors (Lipinski definition) is 1. The molecular weight excluding hydrogens is 606 g/mol. The van der Waals surface area contributed by atoms with Gasteiger partial charge in [0, 0.05) is 54.9 Å². The maximum atomic E-state index is 11.9. The van der Waals surface area contributed by atoms with Crippen LogP contribution in [0.5, 0.6) is 11.8 Å². The lowest BCUT2D eigenvalue weighted by Crippen LogP contribution is -2.55. The van der Waals surface area contributed by atoms with Crippen molar-refractivity contribution in [1.29, 1.82) is 5.26 Å². The molecule has 48 heavy (non-hydrogen) atoms. The summed E-state index contributed by atoms with van der Waals surface area (Å²) in [6.07, 6.45) is 2.05. The van der Waals surface area contributed by atoms with E-state index in [4.69, 9.17) is 19.4 Å². The van der Waals surface area contributed by atoms with Crippen molar-refractivity contribution in [3.8, 4) is 17.8 Å². The van der Waals surface area contributed by atoms with Crippen LogP contribution >= 0.6 is 0 Å². The van der Waals surface area contributed by atoms with Crippen LogP contribution in [0.25, 0.3) is 10.8 Å². The molecule has 3 aromatic carbocycles. The number of likely N-dealkylation sites (tertiary alicyclic amines) is 1. The summed E-state index contributed by atoms with van der Waals surface area (Å²) in [5.41, 5.74) is 4.15. The van der Waals surface area contributed by atoms with Crippen LogP contribution in [-0.4, -0.2) is 89.4 Å². The van der Waals surface area contributed by atoms with Gasteiger partial charge in [0.2, 0.25) is 0 Å². The van der Waals surface area contributed by atoms with Crippen molar-refractivity contribution >= 4 is 28.4 Å². The summed E-state index contributed by atoms with van der Waals surface area (Å²) in [5, 5.41) is 21.5. The Kier molecular flexibility index (Phi) is 9.16. The van der Waals surface area contributed by atoms with E-state index in [2.05, 4.69) is 70.3 Å². The maximum absolute atomic E-state index is 11.9. The lowest BCUT2D eigenvalue weighted by molar-refractivity contribution is 0.119. The molecule has 4 heterocycles. The van der Waals surface area contributed by atoms with E-state index in [1.54, 1.807) is 0 Å². The number of nitrogens with zero attached hydrogens (tertiary/aromatic N) is 7. The first-order valence-corrected chi connectivity index (χ1v) is 16.8. The molecule has 0 saturated carbocycles. The number of anilines is 2. The summed E-state index contributed by atoms with van der Waals surface area (Å²) in [6.45, 7) is 4.53. The van der Waals surface area contributed by atoms with Gasteiger partial charge in [0.1, 0.15) is 24.8 Å². The minimum Gasteiger partial charge on any atom is -0.489 e. The zero-order valence-corrected chi connectivity index (χ0v) is 27.3. The van der Waals surface area contributed by atoms with E-state index in [-0.39, 0.29) is 6.42 Å². The minimum absolute atomic E-state index is 0.122. The third-order valence-corrected chi connectivity index (χ3v) is 9.86. The molecular formula is C37H41N7O4. The van der Waals surface area contributed by atoms with Crippen molar-refractivity contribution in [2.45, 2.75) is 50.9 Å². The average molecular weight is 648 g/mol. The van der Waals surface area contributed by atoms with Gasteiger partial charge < -0.3 is 34.2 Å². The van der Waals surface area contributed by atoms with E-state index in [1.807, 2.05) is 24.3 Å². The molecule has 248 valence electrons. The summed E-state index contributed by atoms with van der Waals surface area (Å²) in [5.74, 6) is 1.60. The zero-order valence-electron chi connectivity index (χ0n) is 27.3. The maximum Gasteiger partial charge on any atom is 0.407 e. The molecule has 0 radical (unpaired) electrons. The SMILES string of the molecule is CN1CCC[C@@H]1COc1nc2c(c(N3CCN(C(=O)O)C(CC#N)C3)n1)CCN(c1cc(OCc3ccccc3)cc3ccccc13)C2. The molecule has 1 N–H and O–H groups in total. The van der Waals surface area contributed by atoms with Crippen molar-refractivity contribution in [3.63, 3.8) is 0 Å². The van der Waals surface area contributed by atoms with E-state index < -0.39 is 12.1 Å². The van der Waals surface area contributed by atoms with Crippen LogP contribution in [-0.2, 0) is 19.6 Å². The lowest BCUT2D eigenvalue weighted by atomic mass is 10.0. The molecule has 2 atom stereocenters. The van der Waals surface area contributed by atoms with Crippen LogP contribution in [0.1, 0.15) is 36.1 Å². The molecule has 1 aromatic heterocycles. The number of piperazine rings is 1. The second-order valence-electron chi connectivity index (χ2n) is 12.9. The first-order valence-electron chi connectivity index (χ1n) is 16.8. The highest BCUT2D eigenvalue weighted by Gasteiger charge is 2.34. The van der Waals surface area contributed by atoms with Crippen molar-refractivity contribution < 1.29 is 19.4 Å². The number of aromatic nitrogens is 2. The number of ether oxygens (including phenoxy) is 2.